The summed E-state index contributed by atoms with van der Waals surface area (Å²) in [6, 6.07) is -1.48. The molecule has 0 saturated carbocycles. The Morgan fingerprint density at radius 3 is 1.76 bits per heavy atom. The number of hydrogen-bond donors (Lipinski definition) is 1. The van der Waals surface area contributed by atoms with E-state index in [4.69, 9.17) is 0 Å². The Hall–Kier alpha value is -1.06. The van der Waals surface area contributed by atoms with Gasteiger partial charge in [-0.05, 0) is 12.3 Å². The third-order valence-corrected chi connectivity index (χ3v) is 2.65. The van der Waals surface area contributed by atoms with Gasteiger partial charge in [-0.25, -0.2) is 0 Å². The number of ether oxygens (including phenoxy) is 1. The summed E-state index contributed by atoms with van der Waals surface area (Å²) in [6.07, 6.45) is -7.55. The molecule has 2 unspecified atom stereocenters. The lowest BCUT2D eigenvalue weighted by Gasteiger charge is -2.36. The number of rotatable bonds is 5. The van der Waals surface area contributed by atoms with Crippen LogP contribution in [0.1, 0.15) is 27.7 Å². The Balaban J connectivity index is 5.22. The summed E-state index contributed by atoms with van der Waals surface area (Å²) in [6.45, 7) is 1.89. The molecule has 21 heavy (non-hydrogen) atoms. The van der Waals surface area contributed by atoms with Gasteiger partial charge in [-0.3, -0.25) is 4.79 Å². The Morgan fingerprint density at radius 2 is 1.48 bits per heavy atom. The predicted octanol–water partition coefficient (Wildman–Crippen LogP) is 3.34. The molecule has 0 aliphatic heterocycles. The second-order valence-electron chi connectivity index (χ2n) is 5.49. The summed E-state index contributed by atoms with van der Waals surface area (Å²) in [4.78, 5) is 11.1. The Bertz CT molecular complexity index is 363. The molecular weight excluding hydrogens is 311 g/mol. The van der Waals surface area contributed by atoms with Gasteiger partial charge in [-0.2, -0.15) is 30.7 Å². The molecule has 3 nitrogen and oxygen atoms in total. The number of hydrogen-bond acceptors (Lipinski definition) is 2. The fourth-order valence-corrected chi connectivity index (χ4v) is 1.64. The summed E-state index contributed by atoms with van der Waals surface area (Å²) in [7, 11) is 0. The molecule has 0 aromatic carbocycles. The van der Waals surface area contributed by atoms with Crippen molar-refractivity contribution in [2.24, 2.45) is 5.41 Å². The van der Waals surface area contributed by atoms with Gasteiger partial charge in [0.25, 0.3) is 0 Å². The molecule has 0 rings (SSSR count). The van der Waals surface area contributed by atoms with Crippen LogP contribution < -0.4 is 5.32 Å². The van der Waals surface area contributed by atoms with Gasteiger partial charge < -0.3 is 10.1 Å². The highest BCUT2D eigenvalue weighted by molar-refractivity contribution is 5.84. The molecule has 1 amide bonds. The number of nitrogens with one attached hydrogen (secondary N) is 1. The van der Waals surface area contributed by atoms with Crippen LogP contribution in [-0.2, 0) is 9.53 Å². The average molecular weight is 327 g/mol. The normalized spacial score (nSPS) is 16.8. The van der Waals surface area contributed by atoms with E-state index in [1.807, 2.05) is 0 Å². The first-order chi connectivity index (χ1) is 9.10. The summed E-state index contributed by atoms with van der Waals surface area (Å²) >= 11 is 0. The fourth-order valence-electron chi connectivity index (χ4n) is 1.64. The maximum atomic E-state index is 12.9. The molecule has 0 aromatic heterocycles. The Labute approximate surface area is 116 Å². The van der Waals surface area contributed by atoms with Crippen LogP contribution in [0.15, 0.2) is 0 Å². The van der Waals surface area contributed by atoms with Gasteiger partial charge in [0, 0.05) is 0 Å². The highest BCUT2D eigenvalue weighted by atomic mass is 19.4. The van der Waals surface area contributed by atoms with Crippen molar-refractivity contribution >= 4 is 5.91 Å². The first kappa shape index (κ1) is 19.9. The van der Waals surface area contributed by atoms with Crippen LogP contribution in [0.5, 0.6) is 0 Å². The van der Waals surface area contributed by atoms with Crippen LogP contribution in [0.2, 0.25) is 0 Å². The Kier molecular flexibility index (Phi) is 6.05. The molecule has 0 fully saturated rings. The molecule has 1 N–H and O–H groups in total. The SMILES string of the molecule is CC(OC(F)F)C(NC(=O)C(F)(F)C(F)(F)F)C(C)(C)C. The van der Waals surface area contributed by atoms with Gasteiger partial charge in [-0.1, -0.05) is 20.8 Å². The second-order valence-corrected chi connectivity index (χ2v) is 5.49. The van der Waals surface area contributed by atoms with Crippen molar-refractivity contribution in [3.63, 3.8) is 0 Å². The standard InChI is InChI=1S/C11H16F7NO2/c1-5(21-8(12)13)6(9(2,3)4)19-7(20)10(14,15)11(16,17)18/h5-6,8H,1-4H3,(H,19,20). The third kappa shape index (κ3) is 5.33. The first-order valence-corrected chi connectivity index (χ1v) is 5.79. The zero-order valence-corrected chi connectivity index (χ0v) is 11.7. The number of amides is 1. The van der Waals surface area contributed by atoms with E-state index >= 15 is 0 Å². The lowest BCUT2D eigenvalue weighted by Crippen LogP contribution is -2.58. The minimum Gasteiger partial charge on any atom is -0.345 e. The monoisotopic (exact) mass is 327 g/mol. The maximum Gasteiger partial charge on any atom is 0.463 e. The lowest BCUT2D eigenvalue weighted by molar-refractivity contribution is -0.271. The molecule has 0 aromatic rings. The largest absolute Gasteiger partial charge is 0.463 e. The molecular formula is C11H16F7NO2. The van der Waals surface area contributed by atoms with E-state index in [-0.39, 0.29) is 0 Å². The highest BCUT2D eigenvalue weighted by Gasteiger charge is 2.64. The van der Waals surface area contributed by atoms with Crippen molar-refractivity contribution in [2.75, 3.05) is 0 Å². The van der Waals surface area contributed by atoms with Crippen molar-refractivity contribution in [1.29, 1.82) is 0 Å². The fraction of sp³-hybridized carbons (Fsp3) is 0.909. The molecule has 2 atom stereocenters. The summed E-state index contributed by atoms with van der Waals surface area (Å²) in [5.41, 5.74) is -1.09. The quantitative estimate of drug-likeness (QED) is 0.787. The van der Waals surface area contributed by atoms with E-state index in [1.54, 1.807) is 0 Å². The zero-order chi connectivity index (χ0) is 17.2. The van der Waals surface area contributed by atoms with Crippen LogP contribution in [0.4, 0.5) is 30.7 Å². The van der Waals surface area contributed by atoms with E-state index in [2.05, 4.69) is 4.74 Å². The first-order valence-electron chi connectivity index (χ1n) is 5.79. The molecule has 0 heterocycles. The van der Waals surface area contributed by atoms with Crippen molar-refractivity contribution in [2.45, 2.75) is 58.6 Å². The van der Waals surface area contributed by atoms with Crippen LogP contribution in [0.3, 0.4) is 0 Å². The van der Waals surface area contributed by atoms with E-state index in [0.717, 1.165) is 6.92 Å². The van der Waals surface area contributed by atoms with Gasteiger partial charge in [0.15, 0.2) is 0 Å². The van der Waals surface area contributed by atoms with E-state index in [0.29, 0.717) is 0 Å². The number of halogens is 7. The van der Waals surface area contributed by atoms with Crippen LogP contribution in [-0.4, -0.2) is 36.8 Å². The number of carbonyl (C=O) groups excluding carboxylic acids is 1. The second kappa shape index (κ2) is 6.37. The van der Waals surface area contributed by atoms with Crippen molar-refractivity contribution in [3.05, 3.63) is 0 Å². The average Bonchev–Trinajstić information content (AvgIpc) is 2.20. The minimum atomic E-state index is -6.08. The molecule has 0 bridgehead atoms. The summed E-state index contributed by atoms with van der Waals surface area (Å²) in [5.74, 6) is -8.24. The predicted molar refractivity (Wildman–Crippen MR) is 58.9 cm³/mol. The van der Waals surface area contributed by atoms with Gasteiger partial charge in [0.2, 0.25) is 0 Å². The van der Waals surface area contributed by atoms with Crippen LogP contribution in [0, 0.1) is 5.41 Å². The molecule has 10 heteroatoms. The minimum absolute atomic E-state index is 1.04. The lowest BCUT2D eigenvalue weighted by atomic mass is 9.83. The maximum absolute atomic E-state index is 12.9. The molecule has 0 saturated heterocycles. The van der Waals surface area contributed by atoms with Crippen molar-refractivity contribution in [3.8, 4) is 0 Å². The topological polar surface area (TPSA) is 38.3 Å². The van der Waals surface area contributed by atoms with Gasteiger partial charge in [0.05, 0.1) is 12.1 Å². The molecule has 0 aliphatic carbocycles. The number of alkyl halides is 7. The smallest absolute Gasteiger partial charge is 0.345 e. The summed E-state index contributed by atoms with van der Waals surface area (Å²) in [5, 5.41) is 1.44. The molecule has 0 spiro atoms. The third-order valence-electron chi connectivity index (χ3n) is 2.65. The van der Waals surface area contributed by atoms with Crippen LogP contribution in [0.25, 0.3) is 0 Å². The zero-order valence-electron chi connectivity index (χ0n) is 11.7. The van der Waals surface area contributed by atoms with E-state index < -0.39 is 42.2 Å². The van der Waals surface area contributed by atoms with Gasteiger partial charge in [-0.15, -0.1) is 0 Å². The van der Waals surface area contributed by atoms with Crippen molar-refractivity contribution < 1.29 is 40.3 Å². The molecule has 0 aliphatic rings. The van der Waals surface area contributed by atoms with Gasteiger partial charge in [0.1, 0.15) is 0 Å². The van der Waals surface area contributed by atoms with Gasteiger partial charge >= 0.3 is 24.6 Å². The molecule has 126 valence electrons. The Morgan fingerprint density at radius 1 is 1.05 bits per heavy atom. The van der Waals surface area contributed by atoms with Crippen LogP contribution >= 0.6 is 0 Å². The van der Waals surface area contributed by atoms with E-state index in [1.165, 1.54) is 26.1 Å². The molecule has 0 radical (unpaired) electrons. The summed E-state index contributed by atoms with van der Waals surface area (Å²) < 4.78 is 90.3. The number of carbonyl (C=O) groups is 1. The highest BCUT2D eigenvalue weighted by Crippen LogP contribution is 2.36. The van der Waals surface area contributed by atoms with Crippen molar-refractivity contribution in [1.82, 2.24) is 5.32 Å². The van der Waals surface area contributed by atoms with E-state index in [9.17, 15) is 35.5 Å².